The summed E-state index contributed by atoms with van der Waals surface area (Å²) >= 11 is 0. The summed E-state index contributed by atoms with van der Waals surface area (Å²) in [6, 6.07) is 9.00. The van der Waals surface area contributed by atoms with Crippen LogP contribution in [0.25, 0.3) is 10.9 Å². The SMILES string of the molecule is CCCCOCC(CF)Oc1cc2ccccc2[nH]c1=O. The number of hydrogen-bond donors (Lipinski definition) is 1. The molecule has 1 unspecified atom stereocenters. The van der Waals surface area contributed by atoms with Crippen molar-refractivity contribution in [1.82, 2.24) is 4.98 Å². The molecule has 114 valence electrons. The van der Waals surface area contributed by atoms with E-state index in [2.05, 4.69) is 11.9 Å². The van der Waals surface area contributed by atoms with E-state index in [1.165, 1.54) is 0 Å². The Balaban J connectivity index is 2.06. The zero-order valence-electron chi connectivity index (χ0n) is 12.1. The monoisotopic (exact) mass is 293 g/mol. The van der Waals surface area contributed by atoms with Crippen LogP contribution in [0.2, 0.25) is 0 Å². The van der Waals surface area contributed by atoms with Gasteiger partial charge in [0.25, 0.3) is 5.56 Å². The number of nitrogens with one attached hydrogen (secondary N) is 1. The summed E-state index contributed by atoms with van der Waals surface area (Å²) < 4.78 is 23.8. The van der Waals surface area contributed by atoms with Gasteiger partial charge in [0.05, 0.1) is 6.61 Å². The molecule has 2 aromatic rings. The topological polar surface area (TPSA) is 51.3 Å². The second-order valence-corrected chi connectivity index (χ2v) is 4.87. The third-order valence-electron chi connectivity index (χ3n) is 3.13. The molecule has 0 saturated heterocycles. The molecule has 0 amide bonds. The molecule has 1 atom stereocenters. The second-order valence-electron chi connectivity index (χ2n) is 4.87. The molecule has 0 aliphatic rings. The van der Waals surface area contributed by atoms with Gasteiger partial charge >= 0.3 is 0 Å². The molecule has 1 aromatic carbocycles. The summed E-state index contributed by atoms with van der Waals surface area (Å²) in [7, 11) is 0. The minimum Gasteiger partial charge on any atom is -0.479 e. The maximum atomic E-state index is 13.0. The average Bonchev–Trinajstić information content (AvgIpc) is 2.50. The van der Waals surface area contributed by atoms with Crippen LogP contribution in [-0.4, -0.2) is 31.0 Å². The van der Waals surface area contributed by atoms with Crippen LogP contribution in [0.4, 0.5) is 4.39 Å². The van der Waals surface area contributed by atoms with Gasteiger partial charge in [0, 0.05) is 17.5 Å². The quantitative estimate of drug-likeness (QED) is 0.761. The number of para-hydroxylation sites is 1. The smallest absolute Gasteiger partial charge is 0.290 e. The summed E-state index contributed by atoms with van der Waals surface area (Å²) in [6.07, 6.45) is 1.19. The van der Waals surface area contributed by atoms with Gasteiger partial charge in [-0.1, -0.05) is 31.5 Å². The number of H-pyrrole nitrogens is 1. The Labute approximate surface area is 122 Å². The third kappa shape index (κ3) is 4.29. The fourth-order valence-corrected chi connectivity index (χ4v) is 1.97. The van der Waals surface area contributed by atoms with E-state index in [1.54, 1.807) is 12.1 Å². The molecule has 0 fully saturated rings. The molecule has 21 heavy (non-hydrogen) atoms. The maximum Gasteiger partial charge on any atom is 0.290 e. The number of aromatic amines is 1. The van der Waals surface area contributed by atoms with Crippen LogP contribution in [0.3, 0.4) is 0 Å². The lowest BCUT2D eigenvalue weighted by atomic mass is 10.2. The van der Waals surface area contributed by atoms with Crippen molar-refractivity contribution in [3.05, 3.63) is 40.7 Å². The first-order valence-corrected chi connectivity index (χ1v) is 7.17. The average molecular weight is 293 g/mol. The predicted octanol–water partition coefficient (Wildman–Crippen LogP) is 3.06. The van der Waals surface area contributed by atoms with Crippen LogP contribution in [-0.2, 0) is 4.74 Å². The summed E-state index contributed by atoms with van der Waals surface area (Å²) in [4.78, 5) is 14.6. The first kappa shape index (κ1) is 15.5. The van der Waals surface area contributed by atoms with Crippen molar-refractivity contribution >= 4 is 10.9 Å². The molecular formula is C16H20FNO3. The van der Waals surface area contributed by atoms with E-state index in [-0.39, 0.29) is 17.9 Å². The minimum atomic E-state index is -0.760. The van der Waals surface area contributed by atoms with Crippen LogP contribution < -0.4 is 10.3 Å². The van der Waals surface area contributed by atoms with Gasteiger partial charge in [0.2, 0.25) is 0 Å². The van der Waals surface area contributed by atoms with Crippen molar-refractivity contribution in [3.8, 4) is 5.75 Å². The number of ether oxygens (including phenoxy) is 2. The molecule has 0 aliphatic carbocycles. The number of alkyl halides is 1. The fraction of sp³-hybridized carbons (Fsp3) is 0.438. The fourth-order valence-electron chi connectivity index (χ4n) is 1.97. The molecule has 0 bridgehead atoms. The molecule has 2 rings (SSSR count). The van der Waals surface area contributed by atoms with Gasteiger partial charge in [-0.15, -0.1) is 0 Å². The lowest BCUT2D eigenvalue weighted by molar-refractivity contribution is 0.0360. The molecule has 1 N–H and O–H groups in total. The third-order valence-corrected chi connectivity index (χ3v) is 3.13. The number of unbranched alkanes of at least 4 members (excludes halogenated alkanes) is 1. The van der Waals surface area contributed by atoms with Gasteiger partial charge in [0.15, 0.2) is 11.9 Å². The van der Waals surface area contributed by atoms with Crippen LogP contribution in [0.5, 0.6) is 5.75 Å². The van der Waals surface area contributed by atoms with Crippen LogP contribution in [0.1, 0.15) is 19.8 Å². The van der Waals surface area contributed by atoms with Crippen molar-refractivity contribution in [1.29, 1.82) is 0 Å². The van der Waals surface area contributed by atoms with E-state index in [1.807, 2.05) is 18.2 Å². The van der Waals surface area contributed by atoms with Crippen molar-refractivity contribution in [2.75, 3.05) is 19.9 Å². The summed E-state index contributed by atoms with van der Waals surface area (Å²) in [6.45, 7) is 2.08. The second kappa shape index (κ2) is 7.78. The number of aromatic nitrogens is 1. The zero-order chi connectivity index (χ0) is 15.1. The van der Waals surface area contributed by atoms with E-state index in [4.69, 9.17) is 9.47 Å². The van der Waals surface area contributed by atoms with Crippen LogP contribution in [0.15, 0.2) is 35.1 Å². The Kier molecular flexibility index (Phi) is 5.75. The molecule has 1 aromatic heterocycles. The predicted molar refractivity (Wildman–Crippen MR) is 80.7 cm³/mol. The Bertz CT molecular complexity index is 626. The Morgan fingerprint density at radius 2 is 2.14 bits per heavy atom. The molecule has 5 heteroatoms. The van der Waals surface area contributed by atoms with Crippen molar-refractivity contribution in [3.63, 3.8) is 0 Å². The van der Waals surface area contributed by atoms with Gasteiger partial charge in [-0.05, 0) is 18.6 Å². The van der Waals surface area contributed by atoms with Gasteiger partial charge < -0.3 is 14.5 Å². The number of halogens is 1. The molecule has 0 radical (unpaired) electrons. The molecular weight excluding hydrogens is 273 g/mol. The molecule has 0 saturated carbocycles. The first-order chi connectivity index (χ1) is 10.2. The Hall–Kier alpha value is -1.88. The van der Waals surface area contributed by atoms with Gasteiger partial charge in [-0.25, -0.2) is 4.39 Å². The summed E-state index contributed by atoms with van der Waals surface area (Å²) in [5.74, 6) is 0.121. The van der Waals surface area contributed by atoms with E-state index >= 15 is 0 Å². The van der Waals surface area contributed by atoms with E-state index < -0.39 is 12.8 Å². The maximum absolute atomic E-state index is 13.0. The number of hydrogen-bond acceptors (Lipinski definition) is 3. The lowest BCUT2D eigenvalue weighted by Gasteiger charge is -2.16. The van der Waals surface area contributed by atoms with Crippen LogP contribution >= 0.6 is 0 Å². The van der Waals surface area contributed by atoms with Gasteiger partial charge in [0.1, 0.15) is 6.67 Å². The molecule has 0 spiro atoms. The van der Waals surface area contributed by atoms with E-state index in [0.29, 0.717) is 6.61 Å². The normalized spacial score (nSPS) is 12.5. The standard InChI is InChI=1S/C16H20FNO3/c1-2-3-8-20-11-13(10-17)21-15-9-12-6-4-5-7-14(12)18-16(15)19/h4-7,9,13H,2-3,8,10-11H2,1H3,(H,18,19). The highest BCUT2D eigenvalue weighted by atomic mass is 19.1. The van der Waals surface area contributed by atoms with Crippen LogP contribution in [0, 0.1) is 0 Å². The zero-order valence-corrected chi connectivity index (χ0v) is 12.1. The Morgan fingerprint density at radius 1 is 1.33 bits per heavy atom. The van der Waals surface area contributed by atoms with E-state index in [9.17, 15) is 9.18 Å². The highest BCUT2D eigenvalue weighted by Gasteiger charge is 2.13. The highest BCUT2D eigenvalue weighted by molar-refractivity contribution is 5.79. The number of fused-ring (bicyclic) bond motifs is 1. The van der Waals surface area contributed by atoms with Crippen molar-refractivity contribution < 1.29 is 13.9 Å². The van der Waals surface area contributed by atoms with Crippen molar-refractivity contribution in [2.45, 2.75) is 25.9 Å². The molecule has 0 aliphatic heterocycles. The molecule has 4 nitrogen and oxygen atoms in total. The van der Waals surface area contributed by atoms with Gasteiger partial charge in [-0.2, -0.15) is 0 Å². The highest BCUT2D eigenvalue weighted by Crippen LogP contribution is 2.15. The lowest BCUT2D eigenvalue weighted by Crippen LogP contribution is -2.28. The summed E-state index contributed by atoms with van der Waals surface area (Å²) in [5.41, 5.74) is 0.367. The number of pyridine rings is 1. The first-order valence-electron chi connectivity index (χ1n) is 7.17. The summed E-state index contributed by atoms with van der Waals surface area (Å²) in [5, 5.41) is 0.844. The number of rotatable bonds is 8. The molecule has 1 heterocycles. The largest absolute Gasteiger partial charge is 0.479 e. The Morgan fingerprint density at radius 3 is 2.90 bits per heavy atom. The van der Waals surface area contributed by atoms with Gasteiger partial charge in [-0.3, -0.25) is 4.79 Å². The van der Waals surface area contributed by atoms with Crippen molar-refractivity contribution in [2.24, 2.45) is 0 Å². The minimum absolute atomic E-state index is 0.121. The van der Waals surface area contributed by atoms with E-state index in [0.717, 1.165) is 23.7 Å². The number of benzene rings is 1.